The third-order valence-electron chi connectivity index (χ3n) is 5.09. The zero-order valence-electron chi connectivity index (χ0n) is 15.9. The van der Waals surface area contributed by atoms with Gasteiger partial charge in [-0.3, -0.25) is 0 Å². The highest BCUT2D eigenvalue weighted by Crippen LogP contribution is 2.40. The van der Waals surface area contributed by atoms with Crippen LogP contribution in [0.15, 0.2) is 35.7 Å². The number of aromatic nitrogens is 6. The monoisotopic (exact) mass is 434 g/mol. The molecule has 7 nitrogen and oxygen atoms in total. The zero-order chi connectivity index (χ0) is 20.9. The molecule has 0 bridgehead atoms. The lowest BCUT2D eigenvalue weighted by molar-refractivity contribution is -0.137. The number of fused-ring (bicyclic) bond motifs is 3. The summed E-state index contributed by atoms with van der Waals surface area (Å²) in [7, 11) is 0. The van der Waals surface area contributed by atoms with Crippen LogP contribution in [-0.2, 0) is 10.9 Å². The van der Waals surface area contributed by atoms with Crippen LogP contribution >= 0.6 is 11.8 Å². The van der Waals surface area contributed by atoms with E-state index in [2.05, 4.69) is 20.2 Å². The molecule has 5 rings (SSSR count). The molecule has 11 heteroatoms. The van der Waals surface area contributed by atoms with E-state index >= 15 is 0 Å². The Kier molecular flexibility index (Phi) is 4.66. The van der Waals surface area contributed by atoms with Gasteiger partial charge in [0.1, 0.15) is 17.0 Å². The molecule has 0 radical (unpaired) electrons. The van der Waals surface area contributed by atoms with Crippen LogP contribution in [0.25, 0.3) is 27.9 Å². The van der Waals surface area contributed by atoms with Gasteiger partial charge in [0.05, 0.1) is 10.9 Å². The summed E-state index contributed by atoms with van der Waals surface area (Å²) in [5, 5.41) is 9.89. The smallest absolute Gasteiger partial charge is 0.356 e. The molecule has 4 aromatic heterocycles. The molecule has 0 aromatic carbocycles. The van der Waals surface area contributed by atoms with E-state index in [1.165, 1.54) is 11.8 Å². The highest BCUT2D eigenvalue weighted by molar-refractivity contribution is 7.98. The second-order valence-corrected chi connectivity index (χ2v) is 7.73. The van der Waals surface area contributed by atoms with E-state index in [1.54, 1.807) is 27.7 Å². The van der Waals surface area contributed by atoms with Crippen molar-refractivity contribution in [1.82, 2.24) is 29.4 Å². The average molecular weight is 434 g/mol. The SMILES string of the molecule is CSc1ncc(C(F)(F)F)c(-c2nn(C3CCCCO3)c3nn4ccccc4c23)n1. The maximum absolute atomic E-state index is 13.8. The first-order chi connectivity index (χ1) is 14.5. The molecule has 30 heavy (non-hydrogen) atoms. The topological polar surface area (TPSA) is 70.1 Å². The van der Waals surface area contributed by atoms with E-state index in [0.29, 0.717) is 23.2 Å². The Balaban J connectivity index is 1.83. The number of rotatable bonds is 3. The van der Waals surface area contributed by atoms with Crippen molar-refractivity contribution in [3.05, 3.63) is 36.2 Å². The van der Waals surface area contributed by atoms with Crippen LogP contribution in [0, 0.1) is 0 Å². The molecule has 1 atom stereocenters. The molecule has 5 heterocycles. The molecule has 1 unspecified atom stereocenters. The van der Waals surface area contributed by atoms with Gasteiger partial charge in [0.2, 0.25) is 0 Å². The molecular weight excluding hydrogens is 417 g/mol. The molecule has 4 aromatic rings. The molecule has 0 spiro atoms. The van der Waals surface area contributed by atoms with Crippen LogP contribution < -0.4 is 0 Å². The number of nitrogens with zero attached hydrogens (tertiary/aromatic N) is 6. The summed E-state index contributed by atoms with van der Waals surface area (Å²) in [6.45, 7) is 0.576. The minimum absolute atomic E-state index is 0.130. The van der Waals surface area contributed by atoms with Crippen molar-refractivity contribution in [2.75, 3.05) is 12.9 Å². The van der Waals surface area contributed by atoms with E-state index in [1.807, 2.05) is 12.1 Å². The summed E-state index contributed by atoms with van der Waals surface area (Å²) in [4.78, 5) is 8.03. The van der Waals surface area contributed by atoms with Crippen LogP contribution in [0.2, 0.25) is 0 Å². The maximum atomic E-state index is 13.8. The predicted octanol–water partition coefficient (Wildman–Crippen LogP) is 4.58. The standard InChI is InChI=1S/C19H17F3N6OS/c1-30-18-23-10-11(19(20,21)22)15(24-18)16-14-12-6-2-4-8-27(12)26-17(14)28(25-16)13-7-3-5-9-29-13/h2,4,6,8,10,13H,3,5,7,9H2,1H3. The molecular formula is C19H17F3N6OS. The lowest BCUT2D eigenvalue weighted by Gasteiger charge is -2.22. The summed E-state index contributed by atoms with van der Waals surface area (Å²) in [5.41, 5.74) is 0.0831. The summed E-state index contributed by atoms with van der Waals surface area (Å²) in [6, 6.07) is 5.42. The maximum Gasteiger partial charge on any atom is 0.420 e. The molecule has 0 aliphatic carbocycles. The van der Waals surface area contributed by atoms with Crippen molar-refractivity contribution in [1.29, 1.82) is 0 Å². The zero-order valence-corrected chi connectivity index (χ0v) is 16.7. The average Bonchev–Trinajstić information content (AvgIpc) is 3.30. The van der Waals surface area contributed by atoms with Crippen molar-refractivity contribution in [3.8, 4) is 11.4 Å². The number of thioether (sulfide) groups is 1. The number of halogens is 3. The Labute approximate surface area is 173 Å². The Morgan fingerprint density at radius 1 is 1.17 bits per heavy atom. The molecule has 1 fully saturated rings. The van der Waals surface area contributed by atoms with Gasteiger partial charge in [0.15, 0.2) is 17.0 Å². The molecule has 1 aliphatic heterocycles. The fraction of sp³-hybridized carbons (Fsp3) is 0.368. The van der Waals surface area contributed by atoms with E-state index in [-0.39, 0.29) is 22.8 Å². The lowest BCUT2D eigenvalue weighted by Crippen LogP contribution is -2.19. The van der Waals surface area contributed by atoms with Crippen LogP contribution in [0.1, 0.15) is 31.1 Å². The van der Waals surface area contributed by atoms with Crippen molar-refractivity contribution in [2.45, 2.75) is 36.8 Å². The Morgan fingerprint density at radius 3 is 2.77 bits per heavy atom. The van der Waals surface area contributed by atoms with Crippen molar-refractivity contribution in [2.24, 2.45) is 0 Å². The van der Waals surface area contributed by atoms with E-state index in [9.17, 15) is 13.2 Å². The first kappa shape index (κ1) is 19.3. The fourth-order valence-corrected chi connectivity index (χ4v) is 4.05. The normalized spacial score (nSPS) is 17.8. The van der Waals surface area contributed by atoms with Crippen molar-refractivity contribution < 1.29 is 17.9 Å². The fourth-order valence-electron chi connectivity index (χ4n) is 3.71. The summed E-state index contributed by atoms with van der Waals surface area (Å²) in [6.07, 6.45) is 1.91. The predicted molar refractivity (Wildman–Crippen MR) is 105 cm³/mol. The van der Waals surface area contributed by atoms with Gasteiger partial charge in [-0.25, -0.2) is 19.2 Å². The van der Waals surface area contributed by atoms with Gasteiger partial charge < -0.3 is 4.74 Å². The van der Waals surface area contributed by atoms with Gasteiger partial charge in [-0.05, 0) is 37.7 Å². The second kappa shape index (κ2) is 7.24. The van der Waals surface area contributed by atoms with E-state index in [0.717, 1.165) is 25.5 Å². The summed E-state index contributed by atoms with van der Waals surface area (Å²) >= 11 is 1.17. The quantitative estimate of drug-likeness (QED) is 0.347. The van der Waals surface area contributed by atoms with Crippen molar-refractivity contribution in [3.63, 3.8) is 0 Å². The highest BCUT2D eigenvalue weighted by Gasteiger charge is 2.38. The number of alkyl halides is 3. The van der Waals surface area contributed by atoms with Gasteiger partial charge in [-0.2, -0.15) is 18.3 Å². The van der Waals surface area contributed by atoms with Gasteiger partial charge in [-0.1, -0.05) is 17.8 Å². The highest BCUT2D eigenvalue weighted by atomic mass is 32.2. The van der Waals surface area contributed by atoms with Gasteiger partial charge in [-0.15, -0.1) is 5.10 Å². The number of hydrogen-bond acceptors (Lipinski definition) is 6. The third-order valence-corrected chi connectivity index (χ3v) is 5.65. The lowest BCUT2D eigenvalue weighted by atomic mass is 10.1. The van der Waals surface area contributed by atoms with Gasteiger partial charge in [0.25, 0.3) is 0 Å². The molecule has 0 N–H and O–H groups in total. The Morgan fingerprint density at radius 2 is 2.03 bits per heavy atom. The molecule has 1 saturated heterocycles. The van der Waals surface area contributed by atoms with Gasteiger partial charge in [0, 0.05) is 19.0 Å². The largest absolute Gasteiger partial charge is 0.420 e. The van der Waals surface area contributed by atoms with E-state index in [4.69, 9.17) is 4.74 Å². The number of hydrogen-bond donors (Lipinski definition) is 0. The Hall–Kier alpha value is -2.66. The Bertz CT molecular complexity index is 1230. The first-order valence-electron chi connectivity index (χ1n) is 9.43. The number of ether oxygens (including phenoxy) is 1. The van der Waals surface area contributed by atoms with E-state index < -0.39 is 11.7 Å². The molecule has 0 amide bonds. The molecule has 156 valence electrons. The third kappa shape index (κ3) is 3.12. The summed E-state index contributed by atoms with van der Waals surface area (Å²) in [5.74, 6) is 0. The van der Waals surface area contributed by atoms with Crippen LogP contribution in [0.5, 0.6) is 0 Å². The van der Waals surface area contributed by atoms with Crippen molar-refractivity contribution >= 4 is 28.3 Å². The first-order valence-corrected chi connectivity index (χ1v) is 10.7. The van der Waals surface area contributed by atoms with Crippen LogP contribution in [0.3, 0.4) is 0 Å². The minimum atomic E-state index is -4.62. The molecule has 1 aliphatic rings. The second-order valence-electron chi connectivity index (χ2n) is 6.96. The van der Waals surface area contributed by atoms with Crippen LogP contribution in [-0.4, -0.2) is 42.2 Å². The summed E-state index contributed by atoms with van der Waals surface area (Å²) < 4.78 is 50.5. The number of pyridine rings is 1. The molecule has 0 saturated carbocycles. The van der Waals surface area contributed by atoms with Gasteiger partial charge >= 0.3 is 6.18 Å². The minimum Gasteiger partial charge on any atom is -0.356 e. The van der Waals surface area contributed by atoms with Crippen LogP contribution in [0.4, 0.5) is 13.2 Å².